The first-order valence-electron chi connectivity index (χ1n) is 13.3. The maximum absolute atomic E-state index is 2.72. The molecule has 0 N–H and O–H groups in total. The van der Waals surface area contributed by atoms with Gasteiger partial charge in [0.05, 0.1) is 0 Å². The molecule has 0 bridgehead atoms. The normalized spacial score (nSPS) is 16.9. The first-order chi connectivity index (χ1) is 16.6. The second-order valence-electron chi connectivity index (χ2n) is 10.4. The lowest BCUT2D eigenvalue weighted by atomic mass is 9.73. The van der Waals surface area contributed by atoms with E-state index in [1.54, 1.807) is 0 Å². The summed E-state index contributed by atoms with van der Waals surface area (Å²) in [7, 11) is 0. The molecule has 0 spiro atoms. The Hall–Kier alpha value is -2.93. The van der Waals surface area contributed by atoms with Crippen molar-refractivity contribution in [3.05, 3.63) is 89.5 Å². The van der Waals surface area contributed by atoms with Gasteiger partial charge in [-0.25, -0.2) is 0 Å². The SMILES string of the molecule is CCC1(CC)c2ccccc2-c2cc3c(cc21)-c1ccc2ccccc2[n+]1C(CC)(CC)CC3. The van der Waals surface area contributed by atoms with Gasteiger partial charge in [0.15, 0.2) is 5.54 Å². The summed E-state index contributed by atoms with van der Waals surface area (Å²) in [5, 5.41) is 1.34. The Balaban J connectivity index is 1.70. The van der Waals surface area contributed by atoms with Gasteiger partial charge in [-0.1, -0.05) is 64.1 Å². The van der Waals surface area contributed by atoms with E-state index in [0.717, 1.165) is 32.1 Å². The second-order valence-corrected chi connectivity index (χ2v) is 10.4. The minimum absolute atomic E-state index is 0.113. The van der Waals surface area contributed by atoms with Crippen molar-refractivity contribution in [1.82, 2.24) is 0 Å². The van der Waals surface area contributed by atoms with E-state index >= 15 is 0 Å². The van der Waals surface area contributed by atoms with Gasteiger partial charge in [0, 0.05) is 47.8 Å². The molecule has 2 aliphatic rings. The molecule has 1 aromatic heterocycles. The summed E-state index contributed by atoms with van der Waals surface area (Å²) in [6.45, 7) is 9.51. The van der Waals surface area contributed by atoms with Crippen LogP contribution in [0, 0.1) is 0 Å². The van der Waals surface area contributed by atoms with Crippen LogP contribution in [0.4, 0.5) is 0 Å². The van der Waals surface area contributed by atoms with Gasteiger partial charge in [0.1, 0.15) is 0 Å². The fourth-order valence-electron chi connectivity index (χ4n) is 7.33. The van der Waals surface area contributed by atoms with Crippen LogP contribution in [0.5, 0.6) is 0 Å². The molecule has 0 amide bonds. The summed E-state index contributed by atoms with van der Waals surface area (Å²) in [6, 6.07) is 28.0. The predicted octanol–water partition coefficient (Wildman–Crippen LogP) is 8.34. The minimum atomic E-state index is 0.113. The van der Waals surface area contributed by atoms with E-state index in [1.165, 1.54) is 56.4 Å². The van der Waals surface area contributed by atoms with E-state index in [-0.39, 0.29) is 11.0 Å². The van der Waals surface area contributed by atoms with Crippen molar-refractivity contribution < 1.29 is 4.57 Å². The maximum atomic E-state index is 2.72. The molecule has 3 aromatic carbocycles. The van der Waals surface area contributed by atoms with Crippen molar-refractivity contribution in [3.63, 3.8) is 0 Å². The monoisotopic (exact) mass is 446 g/mol. The second kappa shape index (κ2) is 7.80. The smallest absolute Gasteiger partial charge is 0.186 e. The van der Waals surface area contributed by atoms with E-state index in [0.29, 0.717) is 0 Å². The van der Waals surface area contributed by atoms with Gasteiger partial charge in [-0.2, -0.15) is 4.57 Å². The molecule has 34 heavy (non-hydrogen) atoms. The zero-order valence-corrected chi connectivity index (χ0v) is 21.1. The quantitative estimate of drug-likeness (QED) is 0.277. The number of para-hydroxylation sites is 1. The highest BCUT2D eigenvalue weighted by Gasteiger charge is 2.45. The Morgan fingerprint density at radius 1 is 0.676 bits per heavy atom. The van der Waals surface area contributed by atoms with Crippen LogP contribution < -0.4 is 4.57 Å². The standard InChI is InChI=1S/C33H36N/c1-5-32(6-2)20-19-24-21-27-25-14-10-11-15-28(25)33(7-3,8-4)29(27)22-26(24)31-18-17-23-13-9-12-16-30(23)34(31)32/h9-18,21-22H,5-8,19-20H2,1-4H3/q+1. The van der Waals surface area contributed by atoms with Crippen molar-refractivity contribution in [3.8, 4) is 22.4 Å². The molecule has 0 saturated heterocycles. The lowest BCUT2D eigenvalue weighted by molar-refractivity contribution is -0.734. The van der Waals surface area contributed by atoms with Gasteiger partial charge >= 0.3 is 0 Å². The molecule has 0 atom stereocenters. The topological polar surface area (TPSA) is 3.88 Å². The van der Waals surface area contributed by atoms with E-state index in [2.05, 4.69) is 105 Å². The van der Waals surface area contributed by atoms with Crippen LogP contribution >= 0.6 is 0 Å². The molecule has 1 aliphatic heterocycles. The van der Waals surface area contributed by atoms with Gasteiger partial charge in [0.2, 0.25) is 11.2 Å². The Labute approximate surface area is 204 Å². The number of nitrogens with zero attached hydrogens (tertiary/aromatic N) is 1. The number of rotatable bonds is 4. The van der Waals surface area contributed by atoms with Crippen molar-refractivity contribution >= 4 is 10.9 Å². The summed E-state index contributed by atoms with van der Waals surface area (Å²) in [4.78, 5) is 0. The summed E-state index contributed by atoms with van der Waals surface area (Å²) >= 11 is 0. The molecule has 1 aliphatic carbocycles. The predicted molar refractivity (Wildman–Crippen MR) is 143 cm³/mol. The average molecular weight is 447 g/mol. The van der Waals surface area contributed by atoms with Gasteiger partial charge in [-0.05, 0) is 71.3 Å². The molecule has 1 heteroatoms. The Bertz CT molecular complexity index is 1400. The van der Waals surface area contributed by atoms with Crippen molar-refractivity contribution in [1.29, 1.82) is 0 Å². The fourth-order valence-corrected chi connectivity index (χ4v) is 7.33. The summed E-state index contributed by atoms with van der Waals surface area (Å²) < 4.78 is 2.72. The van der Waals surface area contributed by atoms with E-state index < -0.39 is 0 Å². The number of benzene rings is 3. The highest BCUT2D eigenvalue weighted by molar-refractivity contribution is 5.85. The van der Waals surface area contributed by atoms with Crippen LogP contribution in [-0.2, 0) is 17.4 Å². The molecule has 172 valence electrons. The third kappa shape index (κ3) is 2.70. The van der Waals surface area contributed by atoms with E-state index in [4.69, 9.17) is 0 Å². The molecular formula is C33H36N+. The zero-order valence-electron chi connectivity index (χ0n) is 21.1. The molecule has 4 aromatic rings. The molecule has 0 saturated carbocycles. The van der Waals surface area contributed by atoms with Gasteiger partial charge < -0.3 is 0 Å². The van der Waals surface area contributed by atoms with Gasteiger partial charge in [-0.15, -0.1) is 0 Å². The largest absolute Gasteiger partial charge is 0.213 e. The summed E-state index contributed by atoms with van der Waals surface area (Å²) in [5.41, 5.74) is 12.0. The first-order valence-corrected chi connectivity index (χ1v) is 13.3. The molecule has 1 nitrogen and oxygen atoms in total. The van der Waals surface area contributed by atoms with Crippen molar-refractivity contribution in [2.24, 2.45) is 0 Å². The average Bonchev–Trinajstić information content (AvgIpc) is 3.08. The number of hydrogen-bond donors (Lipinski definition) is 0. The van der Waals surface area contributed by atoms with Crippen molar-refractivity contribution in [2.75, 3.05) is 0 Å². The maximum Gasteiger partial charge on any atom is 0.213 e. The third-order valence-electron chi connectivity index (χ3n) is 9.46. The Morgan fingerprint density at radius 3 is 2.18 bits per heavy atom. The van der Waals surface area contributed by atoms with Crippen LogP contribution in [0.3, 0.4) is 0 Å². The lowest BCUT2D eigenvalue weighted by Crippen LogP contribution is -2.57. The number of pyridine rings is 1. The summed E-state index contributed by atoms with van der Waals surface area (Å²) in [5.74, 6) is 0. The number of fused-ring (bicyclic) bond motifs is 8. The Morgan fingerprint density at radius 2 is 1.41 bits per heavy atom. The highest BCUT2D eigenvalue weighted by atomic mass is 15.1. The number of aryl methyl sites for hydroxylation is 1. The van der Waals surface area contributed by atoms with Crippen LogP contribution in [0.1, 0.15) is 76.5 Å². The Kier molecular flexibility index (Phi) is 4.96. The third-order valence-corrected chi connectivity index (χ3v) is 9.46. The summed E-state index contributed by atoms with van der Waals surface area (Å²) in [6.07, 6.45) is 6.90. The molecule has 0 unspecified atom stereocenters. The molecular weight excluding hydrogens is 410 g/mol. The van der Waals surface area contributed by atoms with Crippen LogP contribution in [0.25, 0.3) is 33.3 Å². The zero-order chi connectivity index (χ0) is 23.5. The van der Waals surface area contributed by atoms with Crippen molar-refractivity contribution in [2.45, 2.75) is 77.2 Å². The lowest BCUT2D eigenvalue weighted by Gasteiger charge is -2.30. The highest BCUT2D eigenvalue weighted by Crippen LogP contribution is 2.54. The van der Waals surface area contributed by atoms with Gasteiger partial charge in [-0.3, -0.25) is 0 Å². The first kappa shape index (κ1) is 21.6. The van der Waals surface area contributed by atoms with E-state index in [1.807, 2.05) is 0 Å². The number of aromatic nitrogens is 1. The molecule has 2 heterocycles. The van der Waals surface area contributed by atoms with Crippen LogP contribution in [0.15, 0.2) is 72.8 Å². The molecule has 0 radical (unpaired) electrons. The molecule has 6 rings (SSSR count). The minimum Gasteiger partial charge on any atom is -0.186 e. The van der Waals surface area contributed by atoms with Gasteiger partial charge in [0.25, 0.3) is 0 Å². The van der Waals surface area contributed by atoms with Crippen LogP contribution in [0.2, 0.25) is 0 Å². The van der Waals surface area contributed by atoms with Crippen LogP contribution in [-0.4, -0.2) is 0 Å². The number of hydrogen-bond acceptors (Lipinski definition) is 0. The molecule has 0 fully saturated rings. The van der Waals surface area contributed by atoms with E-state index in [9.17, 15) is 0 Å². The fraction of sp³-hybridized carbons (Fsp3) is 0.364.